The van der Waals surface area contributed by atoms with Crippen LogP contribution in [0, 0.1) is 0 Å². The molecular weight excluding hydrogens is 240 g/mol. The van der Waals surface area contributed by atoms with Crippen molar-refractivity contribution in [3.8, 4) is 0 Å². The summed E-state index contributed by atoms with van der Waals surface area (Å²) in [6.07, 6.45) is 0. The third kappa shape index (κ3) is 2.18. The molecule has 3 rings (SSSR count). The van der Waals surface area contributed by atoms with Crippen molar-refractivity contribution in [2.45, 2.75) is 6.61 Å². The number of aliphatic hydroxyl groups excluding tert-OH is 1. The number of carbonyl (C=O) groups is 1. The number of fused-ring (bicyclic) bond motifs is 1. The summed E-state index contributed by atoms with van der Waals surface area (Å²) in [7, 11) is 0. The summed E-state index contributed by atoms with van der Waals surface area (Å²) in [4.78, 5) is 13.7. The summed E-state index contributed by atoms with van der Waals surface area (Å²) in [5.74, 6) is -0.0232. The Morgan fingerprint density at radius 3 is 2.58 bits per heavy atom. The van der Waals surface area contributed by atoms with Gasteiger partial charge in [0.15, 0.2) is 0 Å². The van der Waals surface area contributed by atoms with Crippen molar-refractivity contribution in [3.63, 3.8) is 0 Å². The second kappa shape index (κ2) is 4.74. The van der Waals surface area contributed by atoms with Gasteiger partial charge in [-0.25, -0.2) is 0 Å². The van der Waals surface area contributed by atoms with Gasteiger partial charge in [0.1, 0.15) is 6.54 Å². The van der Waals surface area contributed by atoms with E-state index >= 15 is 0 Å². The van der Waals surface area contributed by atoms with E-state index in [0.29, 0.717) is 6.54 Å². The molecule has 2 aromatic rings. The Bertz CT molecular complexity index is 608. The minimum atomic E-state index is -0.0232. The van der Waals surface area contributed by atoms with Crippen LogP contribution in [-0.2, 0) is 11.4 Å². The number of amides is 1. The van der Waals surface area contributed by atoms with Crippen LogP contribution in [0.4, 0.5) is 17.1 Å². The van der Waals surface area contributed by atoms with Gasteiger partial charge in [-0.05, 0) is 29.8 Å². The second-order valence-electron chi connectivity index (χ2n) is 4.48. The molecule has 0 fully saturated rings. The number of para-hydroxylation sites is 2. The molecule has 1 aliphatic heterocycles. The summed E-state index contributed by atoms with van der Waals surface area (Å²) in [5.41, 5.74) is 3.61. The minimum absolute atomic E-state index is 0.0232. The maximum atomic E-state index is 11.7. The molecule has 0 aromatic heterocycles. The molecule has 0 spiro atoms. The van der Waals surface area contributed by atoms with Gasteiger partial charge in [0, 0.05) is 5.69 Å². The predicted molar refractivity (Wildman–Crippen MR) is 74.4 cm³/mol. The quantitative estimate of drug-likeness (QED) is 0.864. The van der Waals surface area contributed by atoms with E-state index in [1.54, 1.807) is 0 Å². The van der Waals surface area contributed by atoms with Gasteiger partial charge in [-0.2, -0.15) is 0 Å². The average molecular weight is 254 g/mol. The van der Waals surface area contributed by atoms with Crippen LogP contribution >= 0.6 is 0 Å². The number of nitrogens with zero attached hydrogens (tertiary/aromatic N) is 1. The lowest BCUT2D eigenvalue weighted by molar-refractivity contribution is -0.115. The lowest BCUT2D eigenvalue weighted by Crippen LogP contribution is -2.34. The fourth-order valence-electron chi connectivity index (χ4n) is 2.24. The number of aliphatic hydroxyl groups is 1. The molecular formula is C15H14N2O2. The zero-order valence-electron chi connectivity index (χ0n) is 10.3. The predicted octanol–water partition coefficient (Wildman–Crippen LogP) is 2.27. The number of benzene rings is 2. The third-order valence-electron chi connectivity index (χ3n) is 3.20. The molecule has 2 N–H and O–H groups in total. The van der Waals surface area contributed by atoms with Gasteiger partial charge in [-0.15, -0.1) is 0 Å². The molecule has 1 amide bonds. The van der Waals surface area contributed by atoms with E-state index in [-0.39, 0.29) is 12.5 Å². The molecule has 0 unspecified atom stereocenters. The van der Waals surface area contributed by atoms with Gasteiger partial charge in [-0.3, -0.25) is 4.79 Å². The second-order valence-corrected chi connectivity index (χ2v) is 4.48. The topological polar surface area (TPSA) is 52.6 Å². The number of hydrogen-bond acceptors (Lipinski definition) is 3. The van der Waals surface area contributed by atoms with Gasteiger partial charge in [-0.1, -0.05) is 24.3 Å². The SMILES string of the molecule is O=C1CN(c2ccc(CO)cc2)c2ccccc2N1. The lowest BCUT2D eigenvalue weighted by Gasteiger charge is -2.30. The maximum absolute atomic E-state index is 11.7. The average Bonchev–Trinajstić information content (AvgIpc) is 2.46. The molecule has 2 aromatic carbocycles. The first-order valence-electron chi connectivity index (χ1n) is 6.14. The zero-order chi connectivity index (χ0) is 13.2. The summed E-state index contributed by atoms with van der Waals surface area (Å²) < 4.78 is 0. The highest BCUT2D eigenvalue weighted by Crippen LogP contribution is 2.34. The van der Waals surface area contributed by atoms with E-state index < -0.39 is 0 Å². The molecule has 4 heteroatoms. The number of nitrogens with one attached hydrogen (secondary N) is 1. The van der Waals surface area contributed by atoms with Gasteiger partial charge in [0.2, 0.25) is 5.91 Å². The van der Waals surface area contributed by atoms with Crippen molar-refractivity contribution in [3.05, 3.63) is 54.1 Å². The van der Waals surface area contributed by atoms with E-state index in [4.69, 9.17) is 5.11 Å². The smallest absolute Gasteiger partial charge is 0.244 e. The molecule has 19 heavy (non-hydrogen) atoms. The Morgan fingerprint density at radius 1 is 1.11 bits per heavy atom. The fraction of sp³-hybridized carbons (Fsp3) is 0.133. The molecule has 0 radical (unpaired) electrons. The molecule has 1 aliphatic rings. The molecule has 96 valence electrons. The highest BCUT2D eigenvalue weighted by molar-refractivity contribution is 6.03. The Morgan fingerprint density at radius 2 is 1.84 bits per heavy atom. The number of anilines is 3. The first-order valence-corrected chi connectivity index (χ1v) is 6.14. The molecule has 0 bridgehead atoms. The van der Waals surface area contributed by atoms with Crippen molar-refractivity contribution in [2.75, 3.05) is 16.8 Å². The van der Waals surface area contributed by atoms with Crippen LogP contribution in [0.2, 0.25) is 0 Å². The normalized spacial score (nSPS) is 13.9. The molecule has 1 heterocycles. The standard InChI is InChI=1S/C15H14N2O2/c18-10-11-5-7-12(8-6-11)17-9-15(19)16-13-3-1-2-4-14(13)17/h1-8,18H,9-10H2,(H,16,19). The number of rotatable bonds is 2. The monoisotopic (exact) mass is 254 g/mol. The number of carbonyl (C=O) groups excluding carboxylic acids is 1. The van der Waals surface area contributed by atoms with Crippen molar-refractivity contribution in [1.82, 2.24) is 0 Å². The highest BCUT2D eigenvalue weighted by Gasteiger charge is 2.22. The molecule has 0 atom stereocenters. The van der Waals surface area contributed by atoms with Crippen LogP contribution in [0.15, 0.2) is 48.5 Å². The van der Waals surface area contributed by atoms with E-state index in [1.165, 1.54) is 0 Å². The molecule has 0 aliphatic carbocycles. The van der Waals surface area contributed by atoms with Crippen LogP contribution in [-0.4, -0.2) is 17.6 Å². The Labute approximate surface area is 111 Å². The van der Waals surface area contributed by atoms with E-state index in [9.17, 15) is 4.79 Å². The van der Waals surface area contributed by atoms with Gasteiger partial charge < -0.3 is 15.3 Å². The van der Waals surface area contributed by atoms with Crippen LogP contribution in [0.3, 0.4) is 0 Å². The lowest BCUT2D eigenvalue weighted by atomic mass is 10.1. The molecule has 4 nitrogen and oxygen atoms in total. The zero-order valence-corrected chi connectivity index (χ0v) is 10.3. The Balaban J connectivity index is 2.02. The van der Waals surface area contributed by atoms with Crippen LogP contribution in [0.5, 0.6) is 0 Å². The minimum Gasteiger partial charge on any atom is -0.392 e. The summed E-state index contributed by atoms with van der Waals surface area (Å²) in [5, 5.41) is 11.9. The van der Waals surface area contributed by atoms with Crippen molar-refractivity contribution in [2.24, 2.45) is 0 Å². The van der Waals surface area contributed by atoms with Gasteiger partial charge >= 0.3 is 0 Å². The fourth-order valence-corrected chi connectivity index (χ4v) is 2.24. The third-order valence-corrected chi connectivity index (χ3v) is 3.20. The summed E-state index contributed by atoms with van der Waals surface area (Å²) in [6, 6.07) is 15.3. The largest absolute Gasteiger partial charge is 0.392 e. The van der Waals surface area contributed by atoms with Crippen molar-refractivity contribution in [1.29, 1.82) is 0 Å². The van der Waals surface area contributed by atoms with Crippen LogP contribution < -0.4 is 10.2 Å². The number of hydrogen-bond donors (Lipinski definition) is 2. The van der Waals surface area contributed by atoms with E-state index in [0.717, 1.165) is 22.6 Å². The van der Waals surface area contributed by atoms with Crippen molar-refractivity contribution >= 4 is 23.0 Å². The van der Waals surface area contributed by atoms with E-state index in [1.807, 2.05) is 53.4 Å². The van der Waals surface area contributed by atoms with Gasteiger partial charge in [0.25, 0.3) is 0 Å². The summed E-state index contributed by atoms with van der Waals surface area (Å²) >= 11 is 0. The van der Waals surface area contributed by atoms with Crippen LogP contribution in [0.25, 0.3) is 0 Å². The van der Waals surface area contributed by atoms with Crippen molar-refractivity contribution < 1.29 is 9.90 Å². The van der Waals surface area contributed by atoms with Gasteiger partial charge in [0.05, 0.1) is 18.0 Å². The van der Waals surface area contributed by atoms with E-state index in [2.05, 4.69) is 5.32 Å². The highest BCUT2D eigenvalue weighted by atomic mass is 16.3. The molecule has 0 saturated heterocycles. The van der Waals surface area contributed by atoms with Crippen LogP contribution in [0.1, 0.15) is 5.56 Å². The Hall–Kier alpha value is -2.33. The molecule has 0 saturated carbocycles. The first kappa shape index (κ1) is 11.7. The maximum Gasteiger partial charge on any atom is 0.244 e. The first-order chi connectivity index (χ1) is 9.28. The summed E-state index contributed by atoms with van der Waals surface area (Å²) in [6.45, 7) is 0.326. The Kier molecular flexibility index (Phi) is 2.93.